The number of piperazine rings is 1. The van der Waals surface area contributed by atoms with Crippen LogP contribution in [0.3, 0.4) is 0 Å². The van der Waals surface area contributed by atoms with Crippen LogP contribution in [0.15, 0.2) is 4.52 Å². The van der Waals surface area contributed by atoms with Gasteiger partial charge in [-0.25, -0.2) is 0 Å². The number of rotatable bonds is 6. The Kier molecular flexibility index (Phi) is 8.72. The van der Waals surface area contributed by atoms with E-state index in [-0.39, 0.29) is 48.8 Å². The molecule has 2 saturated carbocycles. The van der Waals surface area contributed by atoms with E-state index in [4.69, 9.17) is 15.0 Å². The molecule has 4 rings (SSSR count). The van der Waals surface area contributed by atoms with Crippen LogP contribution in [0.4, 0.5) is 0 Å². The zero-order valence-electron chi connectivity index (χ0n) is 17.2. The Labute approximate surface area is 184 Å². The number of aromatic nitrogens is 2. The molecule has 2 bridgehead atoms. The first-order valence-electron chi connectivity index (χ1n) is 10.3. The van der Waals surface area contributed by atoms with Gasteiger partial charge in [-0.2, -0.15) is 4.98 Å². The van der Waals surface area contributed by atoms with Crippen LogP contribution in [0.2, 0.25) is 0 Å². The van der Waals surface area contributed by atoms with E-state index in [1.54, 1.807) is 0 Å². The molecule has 29 heavy (non-hydrogen) atoms. The minimum absolute atomic E-state index is 0. The second kappa shape index (κ2) is 10.4. The maximum Gasteiger partial charge on any atom is 0.240 e. The second-order valence-corrected chi connectivity index (χ2v) is 8.18. The van der Waals surface area contributed by atoms with Gasteiger partial charge in [0.05, 0.1) is 12.5 Å². The molecule has 1 saturated heterocycles. The van der Waals surface area contributed by atoms with Gasteiger partial charge in [0.25, 0.3) is 0 Å². The molecule has 0 spiro atoms. The zero-order valence-corrected chi connectivity index (χ0v) is 18.8. The molecule has 1 amide bonds. The molecular formula is C19H33Cl2N5O3. The lowest BCUT2D eigenvalue weighted by Gasteiger charge is -2.38. The van der Waals surface area contributed by atoms with Crippen molar-refractivity contribution >= 4 is 30.7 Å². The molecule has 0 aromatic carbocycles. The Morgan fingerprint density at radius 1 is 1.24 bits per heavy atom. The summed E-state index contributed by atoms with van der Waals surface area (Å²) in [5, 5.41) is 4.01. The van der Waals surface area contributed by atoms with Gasteiger partial charge in [-0.3, -0.25) is 9.69 Å². The lowest BCUT2D eigenvalue weighted by Crippen LogP contribution is -2.53. The average molecular weight is 450 g/mol. The van der Waals surface area contributed by atoms with Crippen molar-refractivity contribution in [2.45, 2.75) is 51.8 Å². The van der Waals surface area contributed by atoms with E-state index >= 15 is 0 Å². The average Bonchev–Trinajstić information content (AvgIpc) is 3.38. The molecular weight excluding hydrogens is 417 g/mol. The summed E-state index contributed by atoms with van der Waals surface area (Å²) in [7, 11) is 0. The Morgan fingerprint density at radius 2 is 1.93 bits per heavy atom. The summed E-state index contributed by atoms with van der Waals surface area (Å²) in [4.78, 5) is 21.7. The van der Waals surface area contributed by atoms with Gasteiger partial charge in [-0.05, 0) is 44.9 Å². The number of halogens is 2. The molecule has 1 aromatic rings. The highest BCUT2D eigenvalue weighted by atomic mass is 35.5. The Bertz CT molecular complexity index is 666. The Morgan fingerprint density at radius 3 is 2.55 bits per heavy atom. The molecule has 0 radical (unpaired) electrons. The van der Waals surface area contributed by atoms with Crippen LogP contribution in [0.1, 0.15) is 50.9 Å². The lowest BCUT2D eigenvalue weighted by atomic mass is 9.84. The second-order valence-electron chi connectivity index (χ2n) is 8.18. The highest BCUT2D eigenvalue weighted by molar-refractivity contribution is 5.85. The molecule has 1 aromatic heterocycles. The molecule has 2 N–H and O–H groups in total. The largest absolute Gasteiger partial charge is 0.371 e. The van der Waals surface area contributed by atoms with Crippen LogP contribution < -0.4 is 5.73 Å². The van der Waals surface area contributed by atoms with Crippen LogP contribution in [-0.4, -0.2) is 64.7 Å². The monoisotopic (exact) mass is 449 g/mol. The van der Waals surface area contributed by atoms with Gasteiger partial charge in [0.15, 0.2) is 5.82 Å². The third kappa shape index (κ3) is 5.05. The summed E-state index contributed by atoms with van der Waals surface area (Å²) in [5.74, 6) is 2.60. The van der Waals surface area contributed by atoms with Gasteiger partial charge < -0.3 is 19.9 Å². The van der Waals surface area contributed by atoms with Gasteiger partial charge in [-0.1, -0.05) is 5.16 Å². The predicted octanol–water partition coefficient (Wildman–Crippen LogP) is 2.03. The molecule has 2 heterocycles. The smallest absolute Gasteiger partial charge is 0.240 e. The standard InChI is InChI=1S/C19H31N5O3.2ClH/c1-3-26-12(2)18-21-15(27-22-18)11-23-6-8-24(9-7-23)19(25)16-13-4-5-14(10-13)17(16)20;;/h12-14,16-17H,3-11,20H2,1-2H3;2*1H. The van der Waals surface area contributed by atoms with Gasteiger partial charge in [0.2, 0.25) is 11.8 Å². The van der Waals surface area contributed by atoms with Crippen LogP contribution in [0.5, 0.6) is 0 Å². The van der Waals surface area contributed by atoms with Crippen molar-refractivity contribution < 1.29 is 14.1 Å². The SMILES string of the molecule is CCOC(C)c1noc(CN2CCN(C(=O)C3C4CCC(C4)C3N)CC2)n1.Cl.Cl. The van der Waals surface area contributed by atoms with Crippen LogP contribution in [0, 0.1) is 17.8 Å². The third-order valence-corrected chi connectivity index (χ3v) is 6.57. The van der Waals surface area contributed by atoms with E-state index in [0.29, 0.717) is 36.7 Å². The minimum atomic E-state index is -0.159. The first kappa shape index (κ1) is 24.3. The zero-order chi connectivity index (χ0) is 19.0. The Hall–Kier alpha value is -0.930. The number of nitrogens with two attached hydrogens (primary N) is 1. The number of carbonyl (C=O) groups excluding carboxylic acids is 1. The quantitative estimate of drug-likeness (QED) is 0.708. The van der Waals surface area contributed by atoms with E-state index in [9.17, 15) is 4.79 Å². The summed E-state index contributed by atoms with van der Waals surface area (Å²) < 4.78 is 10.9. The van der Waals surface area contributed by atoms with Crippen molar-refractivity contribution in [2.24, 2.45) is 23.5 Å². The number of nitrogens with zero attached hydrogens (tertiary/aromatic N) is 4. The summed E-state index contributed by atoms with van der Waals surface area (Å²) in [6.07, 6.45) is 3.37. The van der Waals surface area contributed by atoms with Crippen LogP contribution >= 0.6 is 24.8 Å². The van der Waals surface area contributed by atoms with Crippen molar-refractivity contribution in [3.8, 4) is 0 Å². The van der Waals surface area contributed by atoms with E-state index in [1.807, 2.05) is 18.7 Å². The van der Waals surface area contributed by atoms with Crippen molar-refractivity contribution in [3.63, 3.8) is 0 Å². The lowest BCUT2D eigenvalue weighted by molar-refractivity contribution is -0.139. The highest BCUT2D eigenvalue weighted by Crippen LogP contribution is 2.48. The fourth-order valence-electron chi connectivity index (χ4n) is 5.05. The van der Waals surface area contributed by atoms with Crippen molar-refractivity contribution in [1.82, 2.24) is 19.9 Å². The fourth-order valence-corrected chi connectivity index (χ4v) is 5.05. The first-order chi connectivity index (χ1) is 13.1. The number of fused-ring (bicyclic) bond motifs is 2. The first-order valence-corrected chi connectivity index (χ1v) is 10.3. The van der Waals surface area contributed by atoms with E-state index in [0.717, 1.165) is 32.6 Å². The van der Waals surface area contributed by atoms with E-state index < -0.39 is 0 Å². The molecule has 5 unspecified atom stereocenters. The molecule has 5 atom stereocenters. The molecule has 166 valence electrons. The summed E-state index contributed by atoms with van der Waals surface area (Å²) >= 11 is 0. The minimum Gasteiger partial charge on any atom is -0.371 e. The molecule has 10 heteroatoms. The van der Waals surface area contributed by atoms with Gasteiger partial charge in [0, 0.05) is 38.8 Å². The number of carbonyl (C=O) groups is 1. The normalized spacial score (nSPS) is 30.0. The van der Waals surface area contributed by atoms with Crippen molar-refractivity contribution in [2.75, 3.05) is 32.8 Å². The molecule has 2 aliphatic carbocycles. The number of ether oxygens (including phenoxy) is 1. The maximum atomic E-state index is 13.0. The number of amides is 1. The summed E-state index contributed by atoms with van der Waals surface area (Å²) in [6.45, 7) is 8.23. The molecule has 1 aliphatic heterocycles. The molecule has 3 aliphatic rings. The van der Waals surface area contributed by atoms with Crippen LogP contribution in [0.25, 0.3) is 0 Å². The Balaban J connectivity index is 0.00000150. The molecule has 3 fully saturated rings. The fraction of sp³-hybridized carbons (Fsp3) is 0.842. The maximum absolute atomic E-state index is 13.0. The van der Waals surface area contributed by atoms with Gasteiger partial charge in [0.1, 0.15) is 6.10 Å². The van der Waals surface area contributed by atoms with Gasteiger partial charge in [-0.15, -0.1) is 24.8 Å². The van der Waals surface area contributed by atoms with Crippen LogP contribution in [-0.2, 0) is 16.1 Å². The van der Waals surface area contributed by atoms with E-state index in [2.05, 4.69) is 15.0 Å². The number of hydrogen-bond donors (Lipinski definition) is 1. The summed E-state index contributed by atoms with van der Waals surface area (Å²) in [6, 6.07) is 0.0680. The van der Waals surface area contributed by atoms with Crippen molar-refractivity contribution in [1.29, 1.82) is 0 Å². The van der Waals surface area contributed by atoms with Gasteiger partial charge >= 0.3 is 0 Å². The molecule has 8 nitrogen and oxygen atoms in total. The predicted molar refractivity (Wildman–Crippen MR) is 113 cm³/mol. The highest BCUT2D eigenvalue weighted by Gasteiger charge is 2.50. The van der Waals surface area contributed by atoms with Crippen molar-refractivity contribution in [3.05, 3.63) is 11.7 Å². The summed E-state index contributed by atoms with van der Waals surface area (Å²) in [5.41, 5.74) is 6.35. The topological polar surface area (TPSA) is 97.7 Å². The van der Waals surface area contributed by atoms with E-state index in [1.165, 1.54) is 12.8 Å². The third-order valence-electron chi connectivity index (χ3n) is 6.57. The number of hydrogen-bond acceptors (Lipinski definition) is 7.